The number of ether oxygens (including phenoxy) is 1. The second-order valence-corrected chi connectivity index (χ2v) is 3.22. The number of carbonyl (C=O) groups excluding carboxylic acids is 2. The molecule has 1 aromatic rings. The van der Waals surface area contributed by atoms with Crippen LogP contribution in [-0.2, 0) is 14.3 Å². The van der Waals surface area contributed by atoms with Gasteiger partial charge in [0.15, 0.2) is 0 Å². The number of rotatable bonds is 3. The highest BCUT2D eigenvalue weighted by Crippen LogP contribution is 1.99. The Balaban J connectivity index is 2.60. The highest BCUT2D eigenvalue weighted by molar-refractivity contribution is 6.32. The van der Waals surface area contributed by atoms with Crippen LogP contribution >= 0.6 is 0 Å². The first kappa shape index (κ1) is 12.9. The summed E-state index contributed by atoms with van der Waals surface area (Å²) in [6, 6.07) is 9.32. The van der Waals surface area contributed by atoms with E-state index >= 15 is 0 Å². The van der Waals surface area contributed by atoms with Crippen molar-refractivity contribution in [1.82, 2.24) is 5.43 Å². The van der Waals surface area contributed by atoms with Crippen LogP contribution in [-0.4, -0.2) is 24.2 Å². The summed E-state index contributed by atoms with van der Waals surface area (Å²) in [6.07, 6.45) is 0. The average molecular weight is 234 g/mol. The van der Waals surface area contributed by atoms with E-state index in [0.29, 0.717) is 5.71 Å². The lowest BCUT2D eigenvalue weighted by Gasteiger charge is -2.02. The molecule has 0 fully saturated rings. The van der Waals surface area contributed by atoms with Gasteiger partial charge in [0.1, 0.15) is 0 Å². The predicted molar refractivity (Wildman–Crippen MR) is 63.4 cm³/mol. The fourth-order valence-electron chi connectivity index (χ4n) is 1.12. The van der Waals surface area contributed by atoms with Crippen molar-refractivity contribution in [3.05, 3.63) is 35.9 Å². The summed E-state index contributed by atoms with van der Waals surface area (Å²) >= 11 is 0. The molecule has 0 bridgehead atoms. The van der Waals surface area contributed by atoms with Crippen molar-refractivity contribution in [2.75, 3.05) is 6.61 Å². The first-order valence-corrected chi connectivity index (χ1v) is 5.22. The molecule has 1 rings (SSSR count). The van der Waals surface area contributed by atoms with Gasteiger partial charge < -0.3 is 4.74 Å². The summed E-state index contributed by atoms with van der Waals surface area (Å²) in [4.78, 5) is 22.2. The molecule has 0 spiro atoms. The van der Waals surface area contributed by atoms with E-state index in [-0.39, 0.29) is 6.61 Å². The molecule has 0 aliphatic rings. The Labute approximate surface area is 99.5 Å². The van der Waals surface area contributed by atoms with E-state index in [4.69, 9.17) is 0 Å². The van der Waals surface area contributed by atoms with Crippen molar-refractivity contribution in [1.29, 1.82) is 0 Å². The van der Waals surface area contributed by atoms with Crippen LogP contribution in [0.25, 0.3) is 0 Å². The Morgan fingerprint density at radius 2 is 1.94 bits per heavy atom. The largest absolute Gasteiger partial charge is 0.459 e. The standard InChI is InChI=1S/C12H14N2O3/c1-3-17-12(16)11(15)14-13-9(2)10-7-5-4-6-8-10/h4-8H,3H2,1-2H3,(H,14,15)/b13-9+. The van der Waals surface area contributed by atoms with Crippen molar-refractivity contribution in [2.24, 2.45) is 5.10 Å². The number of carbonyl (C=O) groups is 2. The Morgan fingerprint density at radius 3 is 2.53 bits per heavy atom. The van der Waals surface area contributed by atoms with Crippen LogP contribution in [0.5, 0.6) is 0 Å². The molecule has 0 saturated carbocycles. The third-order valence-corrected chi connectivity index (χ3v) is 1.98. The van der Waals surface area contributed by atoms with Gasteiger partial charge in [-0.15, -0.1) is 0 Å². The molecule has 1 aromatic carbocycles. The summed E-state index contributed by atoms with van der Waals surface area (Å²) in [6.45, 7) is 3.53. The molecular formula is C12H14N2O3. The van der Waals surface area contributed by atoms with Gasteiger partial charge in [-0.3, -0.25) is 4.79 Å². The fraction of sp³-hybridized carbons (Fsp3) is 0.250. The second-order valence-electron chi connectivity index (χ2n) is 3.22. The minimum Gasteiger partial charge on any atom is -0.459 e. The van der Waals surface area contributed by atoms with Crippen LogP contribution in [0.15, 0.2) is 35.4 Å². The topological polar surface area (TPSA) is 67.8 Å². The van der Waals surface area contributed by atoms with Gasteiger partial charge in [-0.2, -0.15) is 5.10 Å². The Morgan fingerprint density at radius 1 is 1.29 bits per heavy atom. The Bertz CT molecular complexity index is 427. The number of amides is 1. The quantitative estimate of drug-likeness (QED) is 0.368. The van der Waals surface area contributed by atoms with Crippen molar-refractivity contribution < 1.29 is 14.3 Å². The zero-order valence-corrected chi connectivity index (χ0v) is 9.77. The summed E-state index contributed by atoms with van der Waals surface area (Å²) in [5.41, 5.74) is 3.63. The minimum atomic E-state index is -0.933. The average Bonchev–Trinajstić information content (AvgIpc) is 2.36. The van der Waals surface area contributed by atoms with Gasteiger partial charge in [0.2, 0.25) is 0 Å². The third kappa shape index (κ3) is 4.06. The van der Waals surface area contributed by atoms with Crippen LogP contribution in [0.2, 0.25) is 0 Å². The van der Waals surface area contributed by atoms with Crippen LogP contribution in [0.3, 0.4) is 0 Å². The maximum atomic E-state index is 11.2. The SMILES string of the molecule is CCOC(=O)C(=O)N/N=C(\C)c1ccccc1. The zero-order chi connectivity index (χ0) is 12.7. The monoisotopic (exact) mass is 234 g/mol. The van der Waals surface area contributed by atoms with E-state index in [0.717, 1.165) is 5.56 Å². The van der Waals surface area contributed by atoms with E-state index < -0.39 is 11.9 Å². The lowest BCUT2D eigenvalue weighted by molar-refractivity contribution is -0.154. The third-order valence-electron chi connectivity index (χ3n) is 1.98. The molecule has 0 atom stereocenters. The summed E-state index contributed by atoms with van der Waals surface area (Å²) in [5, 5.41) is 3.81. The van der Waals surface area contributed by atoms with Gasteiger partial charge in [0.25, 0.3) is 0 Å². The molecule has 5 nitrogen and oxygen atoms in total. The van der Waals surface area contributed by atoms with E-state index in [2.05, 4.69) is 15.3 Å². The van der Waals surface area contributed by atoms with Crippen LogP contribution < -0.4 is 5.43 Å². The molecule has 0 saturated heterocycles. The molecule has 1 N–H and O–H groups in total. The summed E-state index contributed by atoms with van der Waals surface area (Å²) in [7, 11) is 0. The van der Waals surface area contributed by atoms with Gasteiger partial charge in [-0.05, 0) is 19.4 Å². The number of hydrazone groups is 1. The first-order valence-electron chi connectivity index (χ1n) is 5.22. The van der Waals surface area contributed by atoms with Crippen LogP contribution in [0.1, 0.15) is 19.4 Å². The van der Waals surface area contributed by atoms with Gasteiger partial charge in [-0.25, -0.2) is 10.2 Å². The van der Waals surface area contributed by atoms with Crippen molar-refractivity contribution in [3.8, 4) is 0 Å². The maximum absolute atomic E-state index is 11.2. The molecule has 5 heteroatoms. The van der Waals surface area contributed by atoms with Crippen molar-refractivity contribution in [2.45, 2.75) is 13.8 Å². The molecule has 0 heterocycles. The van der Waals surface area contributed by atoms with E-state index in [1.54, 1.807) is 13.8 Å². The molecule has 0 unspecified atom stereocenters. The van der Waals surface area contributed by atoms with E-state index in [1.165, 1.54) is 0 Å². The van der Waals surface area contributed by atoms with Crippen LogP contribution in [0.4, 0.5) is 0 Å². The molecular weight excluding hydrogens is 220 g/mol. The van der Waals surface area contributed by atoms with Gasteiger partial charge in [-0.1, -0.05) is 30.3 Å². The molecule has 90 valence electrons. The van der Waals surface area contributed by atoms with E-state index in [9.17, 15) is 9.59 Å². The summed E-state index contributed by atoms with van der Waals surface area (Å²) in [5.74, 6) is -1.81. The number of hydrogen-bond acceptors (Lipinski definition) is 4. The molecule has 0 aromatic heterocycles. The van der Waals surface area contributed by atoms with Gasteiger partial charge >= 0.3 is 11.9 Å². The van der Waals surface area contributed by atoms with Crippen molar-refractivity contribution in [3.63, 3.8) is 0 Å². The molecule has 0 aliphatic heterocycles. The predicted octanol–water partition coefficient (Wildman–Crippen LogP) is 1.09. The Kier molecular flexibility index (Phi) is 4.87. The van der Waals surface area contributed by atoms with E-state index in [1.807, 2.05) is 30.3 Å². The van der Waals surface area contributed by atoms with Crippen LogP contribution in [0, 0.1) is 0 Å². The molecule has 0 aliphatic carbocycles. The smallest absolute Gasteiger partial charge is 0.398 e. The minimum absolute atomic E-state index is 0.160. The fourth-order valence-corrected chi connectivity index (χ4v) is 1.12. The number of esters is 1. The number of hydrogen-bond donors (Lipinski definition) is 1. The lowest BCUT2D eigenvalue weighted by Crippen LogP contribution is -2.29. The lowest BCUT2D eigenvalue weighted by atomic mass is 10.1. The number of benzene rings is 1. The normalized spacial score (nSPS) is 10.8. The number of nitrogens with zero attached hydrogens (tertiary/aromatic N) is 1. The molecule has 0 radical (unpaired) electrons. The molecule has 1 amide bonds. The van der Waals surface area contributed by atoms with Gasteiger partial charge in [0.05, 0.1) is 12.3 Å². The highest BCUT2D eigenvalue weighted by atomic mass is 16.5. The number of nitrogens with one attached hydrogen (secondary N) is 1. The van der Waals surface area contributed by atoms with Gasteiger partial charge in [0, 0.05) is 0 Å². The molecule has 17 heavy (non-hydrogen) atoms. The second kappa shape index (κ2) is 6.42. The Hall–Kier alpha value is -2.17. The first-order chi connectivity index (χ1) is 8.15. The zero-order valence-electron chi connectivity index (χ0n) is 9.77. The summed E-state index contributed by atoms with van der Waals surface area (Å²) < 4.78 is 4.52. The maximum Gasteiger partial charge on any atom is 0.398 e. The highest BCUT2D eigenvalue weighted by Gasteiger charge is 2.13. The van der Waals surface area contributed by atoms with Crippen molar-refractivity contribution >= 4 is 17.6 Å².